The molecule has 18 heteroatoms. The van der Waals surface area contributed by atoms with Crippen molar-refractivity contribution in [3.8, 4) is 0 Å². The number of hydrogen-bond acceptors (Lipinski definition) is 15. The normalized spacial score (nSPS) is 12.0. The van der Waals surface area contributed by atoms with E-state index < -0.39 is 72.0 Å². The SMILES string of the molecule is C=C(C)C(=O)OCCCS(=O)(=O)OC(OS(=O)(=O)CCCOC(=O)C(=C)C)OS(=O)(=O)CCCOC(=O)C(=C)C. The topological polar surface area (TPSA) is 209 Å². The van der Waals surface area contributed by atoms with Gasteiger partial charge in [-0.3, -0.25) is 0 Å². The van der Waals surface area contributed by atoms with Gasteiger partial charge >= 0.3 is 24.4 Å². The number of esters is 3. The second-order valence-corrected chi connectivity index (χ2v) is 13.3. The van der Waals surface area contributed by atoms with E-state index in [0.29, 0.717) is 0 Å². The van der Waals surface area contributed by atoms with E-state index in [0.717, 1.165) is 0 Å². The van der Waals surface area contributed by atoms with Crippen LogP contribution in [-0.2, 0) is 71.5 Å². The van der Waals surface area contributed by atoms with Crippen LogP contribution in [0.2, 0.25) is 0 Å². The number of rotatable bonds is 21. The van der Waals surface area contributed by atoms with E-state index in [-0.39, 0.29) is 55.8 Å². The van der Waals surface area contributed by atoms with E-state index in [1.54, 1.807) is 0 Å². The van der Waals surface area contributed by atoms with Gasteiger partial charge in [0.2, 0.25) is 0 Å². The third-order valence-corrected chi connectivity index (χ3v) is 7.75. The summed E-state index contributed by atoms with van der Waals surface area (Å²) < 4.78 is 102. The molecule has 0 aromatic carbocycles. The van der Waals surface area contributed by atoms with E-state index in [9.17, 15) is 39.6 Å². The number of ether oxygens (including phenoxy) is 3. The molecule has 0 aliphatic heterocycles. The Labute approximate surface area is 234 Å². The van der Waals surface area contributed by atoms with Crippen molar-refractivity contribution in [3.05, 3.63) is 36.5 Å². The average molecular weight is 635 g/mol. The molecule has 0 heterocycles. The van der Waals surface area contributed by atoms with E-state index in [2.05, 4.69) is 32.3 Å². The maximum absolute atomic E-state index is 12.3. The van der Waals surface area contributed by atoms with Crippen molar-refractivity contribution in [3.63, 3.8) is 0 Å². The zero-order valence-electron chi connectivity index (χ0n) is 22.4. The Hall–Kier alpha value is -2.64. The lowest BCUT2D eigenvalue weighted by Crippen LogP contribution is -2.33. The first kappa shape index (κ1) is 37.4. The molecule has 0 aromatic rings. The van der Waals surface area contributed by atoms with Crippen LogP contribution in [0.4, 0.5) is 0 Å². The van der Waals surface area contributed by atoms with Gasteiger partial charge in [0.05, 0.1) is 37.1 Å². The van der Waals surface area contributed by atoms with E-state index in [4.69, 9.17) is 14.2 Å². The maximum atomic E-state index is 12.3. The van der Waals surface area contributed by atoms with Crippen LogP contribution in [0.5, 0.6) is 0 Å². The van der Waals surface area contributed by atoms with Crippen molar-refractivity contribution in [2.24, 2.45) is 0 Å². The molecule has 0 N–H and O–H groups in total. The van der Waals surface area contributed by atoms with Crippen molar-refractivity contribution in [1.29, 1.82) is 0 Å². The van der Waals surface area contributed by atoms with Gasteiger partial charge in [0.25, 0.3) is 30.4 Å². The van der Waals surface area contributed by atoms with Crippen LogP contribution in [0.3, 0.4) is 0 Å². The quantitative estimate of drug-likeness (QED) is 0.0428. The third-order valence-electron chi connectivity index (χ3n) is 4.04. The summed E-state index contributed by atoms with van der Waals surface area (Å²) in [6.45, 7) is 10.3. The van der Waals surface area contributed by atoms with Crippen molar-refractivity contribution in [1.82, 2.24) is 0 Å². The standard InChI is InChI=1S/C22H34O15S3/c1-16(2)19(23)32-10-7-13-38(26,27)35-22(36-39(28,29)14-8-11-33-20(24)17(3)4)37-40(30,31)15-9-12-34-21(25)18(5)6/h22H,1,3,5,7-15H2,2,4,6H3. The molecule has 0 rings (SSSR count). The number of carbonyl (C=O) groups excluding carboxylic acids is 3. The molecule has 0 aromatic heterocycles. The molecule has 0 aliphatic rings. The minimum absolute atomic E-state index is 0.0696. The first-order chi connectivity index (χ1) is 18.3. The predicted octanol–water partition coefficient (Wildman–Crippen LogP) is 0.837. The lowest BCUT2D eigenvalue weighted by Gasteiger charge is -2.18. The zero-order valence-corrected chi connectivity index (χ0v) is 24.9. The molecule has 0 saturated carbocycles. The summed E-state index contributed by atoms with van der Waals surface area (Å²) in [5, 5.41) is 0. The van der Waals surface area contributed by atoms with Crippen LogP contribution < -0.4 is 0 Å². The highest BCUT2D eigenvalue weighted by Crippen LogP contribution is 2.15. The summed E-state index contributed by atoms with van der Waals surface area (Å²) in [5.41, 5.74) is 0.209. The van der Waals surface area contributed by atoms with Gasteiger partial charge in [0.1, 0.15) is 0 Å². The Kier molecular flexibility index (Phi) is 16.1. The maximum Gasteiger partial charge on any atom is 0.333 e. The molecule has 0 fully saturated rings. The molecule has 40 heavy (non-hydrogen) atoms. The molecule has 0 amide bonds. The molecular weight excluding hydrogens is 600 g/mol. The fourth-order valence-electron chi connectivity index (χ4n) is 2.12. The fourth-order valence-corrected chi connectivity index (χ4v) is 4.93. The minimum atomic E-state index is -4.69. The minimum Gasteiger partial charge on any atom is -0.462 e. The Morgan fingerprint density at radius 2 is 0.750 bits per heavy atom. The van der Waals surface area contributed by atoms with Crippen LogP contribution >= 0.6 is 0 Å². The van der Waals surface area contributed by atoms with Gasteiger partial charge in [-0.05, 0) is 40.0 Å². The largest absolute Gasteiger partial charge is 0.462 e. The van der Waals surface area contributed by atoms with Gasteiger partial charge in [-0.2, -0.15) is 25.3 Å². The summed E-state index contributed by atoms with van der Waals surface area (Å²) in [6, 6.07) is 0. The van der Waals surface area contributed by atoms with Gasteiger partial charge in [0, 0.05) is 16.7 Å². The number of carbonyl (C=O) groups is 3. The highest BCUT2D eigenvalue weighted by Gasteiger charge is 2.31. The third kappa shape index (κ3) is 17.9. The molecule has 0 unspecified atom stereocenters. The van der Waals surface area contributed by atoms with Crippen LogP contribution in [-0.4, -0.2) is 86.7 Å². The predicted molar refractivity (Wildman–Crippen MR) is 140 cm³/mol. The zero-order chi connectivity index (χ0) is 31.1. The summed E-state index contributed by atoms with van der Waals surface area (Å²) in [7, 11) is -14.1. The Morgan fingerprint density at radius 3 is 0.950 bits per heavy atom. The summed E-state index contributed by atoms with van der Waals surface area (Å²) in [4.78, 5) is 34.1. The van der Waals surface area contributed by atoms with Crippen LogP contribution in [0.15, 0.2) is 36.5 Å². The fraction of sp³-hybridized carbons (Fsp3) is 0.591. The molecular formula is C22H34O15S3. The summed E-state index contributed by atoms with van der Waals surface area (Å²) >= 11 is 0. The van der Waals surface area contributed by atoms with Crippen molar-refractivity contribution in [2.45, 2.75) is 46.5 Å². The van der Waals surface area contributed by atoms with E-state index in [1.807, 2.05) is 0 Å². The lowest BCUT2D eigenvalue weighted by atomic mass is 10.4. The Morgan fingerprint density at radius 1 is 0.525 bits per heavy atom. The highest BCUT2D eigenvalue weighted by atomic mass is 32.2. The molecule has 0 aliphatic carbocycles. The molecule has 0 radical (unpaired) electrons. The molecule has 230 valence electrons. The van der Waals surface area contributed by atoms with Crippen LogP contribution in [0.1, 0.15) is 40.0 Å². The first-order valence-electron chi connectivity index (χ1n) is 11.5. The van der Waals surface area contributed by atoms with Crippen molar-refractivity contribution < 1.29 is 66.4 Å². The highest BCUT2D eigenvalue weighted by molar-refractivity contribution is 7.88. The second-order valence-electron chi connectivity index (χ2n) is 8.17. The van der Waals surface area contributed by atoms with Gasteiger partial charge in [0.15, 0.2) is 0 Å². The summed E-state index contributed by atoms with van der Waals surface area (Å²) in [5.74, 6) is -4.84. The van der Waals surface area contributed by atoms with Gasteiger partial charge < -0.3 is 14.2 Å². The Bertz CT molecular complexity index is 1110. The molecule has 0 saturated heterocycles. The van der Waals surface area contributed by atoms with Crippen LogP contribution in [0.25, 0.3) is 0 Å². The van der Waals surface area contributed by atoms with Gasteiger partial charge in [-0.25, -0.2) is 26.9 Å². The smallest absolute Gasteiger partial charge is 0.333 e. The van der Waals surface area contributed by atoms with Crippen molar-refractivity contribution in [2.75, 3.05) is 37.1 Å². The van der Waals surface area contributed by atoms with Gasteiger partial charge in [-0.15, -0.1) is 0 Å². The summed E-state index contributed by atoms with van der Waals surface area (Å²) in [6.07, 6.45) is -0.929. The van der Waals surface area contributed by atoms with Crippen molar-refractivity contribution >= 4 is 48.3 Å². The van der Waals surface area contributed by atoms with Gasteiger partial charge in [-0.1, -0.05) is 19.7 Å². The monoisotopic (exact) mass is 634 g/mol. The molecule has 15 nitrogen and oxygen atoms in total. The first-order valence-corrected chi connectivity index (χ1v) is 16.2. The second kappa shape index (κ2) is 17.2. The van der Waals surface area contributed by atoms with E-state index in [1.165, 1.54) is 20.8 Å². The lowest BCUT2D eigenvalue weighted by molar-refractivity contribution is -0.139. The number of hydrogen-bond donors (Lipinski definition) is 0. The molecule has 0 bridgehead atoms. The average Bonchev–Trinajstić information content (AvgIpc) is 2.80. The molecule has 0 spiro atoms. The Balaban J connectivity index is 5.36. The van der Waals surface area contributed by atoms with Crippen LogP contribution in [0, 0.1) is 0 Å². The van der Waals surface area contributed by atoms with E-state index >= 15 is 0 Å². The molecule has 0 atom stereocenters.